The molecule has 0 amide bonds. The van der Waals surface area contributed by atoms with E-state index in [1.165, 1.54) is 0 Å². The molecule has 1 aromatic heterocycles. The number of aromatic nitrogens is 1. The highest BCUT2D eigenvalue weighted by atomic mass is 35.5. The number of pyridine rings is 1. The van der Waals surface area contributed by atoms with Crippen LogP contribution >= 0.6 is 11.6 Å². The van der Waals surface area contributed by atoms with E-state index in [0.29, 0.717) is 0 Å². The average molecular weight is 233 g/mol. The zero-order valence-corrected chi connectivity index (χ0v) is 9.83. The van der Waals surface area contributed by atoms with E-state index in [9.17, 15) is 0 Å². The zero-order valence-electron chi connectivity index (χ0n) is 9.07. The lowest BCUT2D eigenvalue weighted by molar-refractivity contribution is 1.20. The number of anilines is 1. The highest BCUT2D eigenvalue weighted by Crippen LogP contribution is 2.21. The van der Waals surface area contributed by atoms with Gasteiger partial charge in [-0.1, -0.05) is 23.7 Å². The van der Waals surface area contributed by atoms with Crippen molar-refractivity contribution in [2.45, 2.75) is 6.92 Å². The van der Waals surface area contributed by atoms with E-state index in [2.05, 4.69) is 17.2 Å². The van der Waals surface area contributed by atoms with Crippen LogP contribution in [-0.2, 0) is 0 Å². The van der Waals surface area contributed by atoms with Gasteiger partial charge >= 0.3 is 0 Å². The molecule has 0 atom stereocenters. The molecule has 2 aromatic rings. The SMILES string of the molecule is CCNc1ccnc(-c2ccc(Cl)cc2)c1. The molecule has 1 heterocycles. The maximum absolute atomic E-state index is 5.85. The summed E-state index contributed by atoms with van der Waals surface area (Å²) in [5, 5.41) is 4.01. The molecule has 2 rings (SSSR count). The van der Waals surface area contributed by atoms with Gasteiger partial charge < -0.3 is 5.32 Å². The smallest absolute Gasteiger partial charge is 0.0722 e. The Labute approximate surface area is 100 Å². The van der Waals surface area contributed by atoms with Gasteiger partial charge in [0.15, 0.2) is 0 Å². The number of hydrogen-bond donors (Lipinski definition) is 1. The highest BCUT2D eigenvalue weighted by Gasteiger charge is 2.00. The first-order chi connectivity index (χ1) is 7.79. The predicted molar refractivity (Wildman–Crippen MR) is 68.8 cm³/mol. The summed E-state index contributed by atoms with van der Waals surface area (Å²) >= 11 is 5.85. The number of benzene rings is 1. The fourth-order valence-electron chi connectivity index (χ4n) is 1.52. The van der Waals surface area contributed by atoms with Gasteiger partial charge in [0.25, 0.3) is 0 Å². The Kier molecular flexibility index (Phi) is 3.42. The summed E-state index contributed by atoms with van der Waals surface area (Å²) in [6.07, 6.45) is 1.81. The van der Waals surface area contributed by atoms with Crippen molar-refractivity contribution in [2.24, 2.45) is 0 Å². The minimum atomic E-state index is 0.742. The molecule has 2 nitrogen and oxygen atoms in total. The molecule has 3 heteroatoms. The maximum Gasteiger partial charge on any atom is 0.0722 e. The van der Waals surface area contributed by atoms with Crippen molar-refractivity contribution in [3.05, 3.63) is 47.6 Å². The molecule has 1 N–H and O–H groups in total. The van der Waals surface area contributed by atoms with Crippen LogP contribution in [0.5, 0.6) is 0 Å². The van der Waals surface area contributed by atoms with Gasteiger partial charge in [0.05, 0.1) is 5.69 Å². The second-order valence-corrected chi connectivity index (χ2v) is 3.90. The van der Waals surface area contributed by atoms with Crippen LogP contribution in [0, 0.1) is 0 Å². The van der Waals surface area contributed by atoms with Crippen molar-refractivity contribution >= 4 is 17.3 Å². The quantitative estimate of drug-likeness (QED) is 0.870. The Morgan fingerprint density at radius 1 is 1.19 bits per heavy atom. The van der Waals surface area contributed by atoms with E-state index in [1.807, 2.05) is 42.6 Å². The van der Waals surface area contributed by atoms with Crippen molar-refractivity contribution in [2.75, 3.05) is 11.9 Å². The van der Waals surface area contributed by atoms with Crippen molar-refractivity contribution in [1.82, 2.24) is 4.98 Å². The van der Waals surface area contributed by atoms with Gasteiger partial charge in [-0.25, -0.2) is 0 Å². The molecule has 0 fully saturated rings. The molecule has 0 bridgehead atoms. The largest absolute Gasteiger partial charge is 0.385 e. The molecule has 0 saturated heterocycles. The van der Waals surface area contributed by atoms with Crippen molar-refractivity contribution < 1.29 is 0 Å². The highest BCUT2D eigenvalue weighted by molar-refractivity contribution is 6.30. The van der Waals surface area contributed by atoms with Crippen LogP contribution in [0.2, 0.25) is 5.02 Å². The zero-order chi connectivity index (χ0) is 11.4. The number of halogens is 1. The van der Waals surface area contributed by atoms with Crippen LogP contribution in [0.4, 0.5) is 5.69 Å². The van der Waals surface area contributed by atoms with E-state index in [0.717, 1.165) is 28.5 Å². The summed E-state index contributed by atoms with van der Waals surface area (Å²) in [5.74, 6) is 0. The standard InChI is InChI=1S/C13H13ClN2/c1-2-15-12-7-8-16-13(9-12)10-3-5-11(14)6-4-10/h3-9H,2H2,1H3,(H,15,16). The molecule has 82 valence electrons. The number of nitrogens with zero attached hydrogens (tertiary/aromatic N) is 1. The van der Waals surface area contributed by atoms with Gasteiger partial charge in [0.2, 0.25) is 0 Å². The van der Waals surface area contributed by atoms with Gasteiger partial charge in [0.1, 0.15) is 0 Å². The number of rotatable bonds is 3. The summed E-state index contributed by atoms with van der Waals surface area (Å²) in [7, 11) is 0. The van der Waals surface area contributed by atoms with E-state index in [1.54, 1.807) is 0 Å². The Bertz CT molecular complexity index is 466. The molecule has 1 aromatic carbocycles. The van der Waals surface area contributed by atoms with Crippen LogP contribution < -0.4 is 5.32 Å². The fourth-order valence-corrected chi connectivity index (χ4v) is 1.65. The summed E-state index contributed by atoms with van der Waals surface area (Å²) in [5.41, 5.74) is 3.11. The first-order valence-electron chi connectivity index (χ1n) is 5.25. The summed E-state index contributed by atoms with van der Waals surface area (Å²) in [6.45, 7) is 2.98. The number of hydrogen-bond acceptors (Lipinski definition) is 2. The maximum atomic E-state index is 5.85. The van der Waals surface area contributed by atoms with Crippen LogP contribution in [0.25, 0.3) is 11.3 Å². The average Bonchev–Trinajstić information content (AvgIpc) is 2.31. The lowest BCUT2D eigenvalue weighted by Crippen LogP contribution is -1.96. The predicted octanol–water partition coefficient (Wildman–Crippen LogP) is 3.83. The molecule has 0 aliphatic carbocycles. The van der Waals surface area contributed by atoms with E-state index >= 15 is 0 Å². The molecule has 0 spiro atoms. The molecule has 0 radical (unpaired) electrons. The Morgan fingerprint density at radius 3 is 2.62 bits per heavy atom. The van der Waals surface area contributed by atoms with Crippen LogP contribution in [0.15, 0.2) is 42.6 Å². The van der Waals surface area contributed by atoms with Crippen molar-refractivity contribution in [3.63, 3.8) is 0 Å². The van der Waals surface area contributed by atoms with E-state index in [-0.39, 0.29) is 0 Å². The van der Waals surface area contributed by atoms with Gasteiger partial charge in [0, 0.05) is 29.0 Å². The van der Waals surface area contributed by atoms with Crippen LogP contribution in [0.3, 0.4) is 0 Å². The van der Waals surface area contributed by atoms with Crippen LogP contribution in [-0.4, -0.2) is 11.5 Å². The van der Waals surface area contributed by atoms with Gasteiger partial charge in [-0.05, 0) is 31.2 Å². The molecule has 0 saturated carbocycles. The molecule has 0 unspecified atom stereocenters. The van der Waals surface area contributed by atoms with Gasteiger partial charge in [-0.3, -0.25) is 4.98 Å². The fraction of sp³-hybridized carbons (Fsp3) is 0.154. The van der Waals surface area contributed by atoms with E-state index < -0.39 is 0 Å². The lowest BCUT2D eigenvalue weighted by Gasteiger charge is -2.05. The third kappa shape index (κ3) is 2.52. The third-order valence-electron chi connectivity index (χ3n) is 2.28. The molecule has 16 heavy (non-hydrogen) atoms. The monoisotopic (exact) mass is 232 g/mol. The topological polar surface area (TPSA) is 24.9 Å². The van der Waals surface area contributed by atoms with Crippen molar-refractivity contribution in [3.8, 4) is 11.3 Å². The van der Waals surface area contributed by atoms with Crippen LogP contribution in [0.1, 0.15) is 6.92 Å². The summed E-state index contributed by atoms with van der Waals surface area (Å²) < 4.78 is 0. The second-order valence-electron chi connectivity index (χ2n) is 3.47. The third-order valence-corrected chi connectivity index (χ3v) is 2.53. The first kappa shape index (κ1) is 11.0. The summed E-state index contributed by atoms with van der Waals surface area (Å²) in [4.78, 5) is 4.34. The minimum absolute atomic E-state index is 0.742. The molecular formula is C13H13ClN2. The Balaban J connectivity index is 2.32. The minimum Gasteiger partial charge on any atom is -0.385 e. The van der Waals surface area contributed by atoms with Crippen molar-refractivity contribution in [1.29, 1.82) is 0 Å². The number of nitrogens with one attached hydrogen (secondary N) is 1. The Hall–Kier alpha value is -1.54. The first-order valence-corrected chi connectivity index (χ1v) is 5.63. The normalized spacial score (nSPS) is 10.1. The van der Waals surface area contributed by atoms with Gasteiger partial charge in [-0.2, -0.15) is 0 Å². The molecular weight excluding hydrogens is 220 g/mol. The Morgan fingerprint density at radius 2 is 1.94 bits per heavy atom. The summed E-state index contributed by atoms with van der Waals surface area (Å²) in [6, 6.07) is 11.7. The van der Waals surface area contributed by atoms with E-state index in [4.69, 9.17) is 11.6 Å². The second kappa shape index (κ2) is 4.99. The van der Waals surface area contributed by atoms with Gasteiger partial charge in [-0.15, -0.1) is 0 Å². The molecule has 0 aliphatic rings. The molecule has 0 aliphatic heterocycles. The lowest BCUT2D eigenvalue weighted by atomic mass is 10.1.